The number of benzene rings is 1. The van der Waals surface area contributed by atoms with Crippen molar-refractivity contribution in [2.45, 2.75) is 19.3 Å². The van der Waals surface area contributed by atoms with Gasteiger partial charge in [0.05, 0.1) is 18.7 Å². The molecule has 1 amide bonds. The maximum absolute atomic E-state index is 12.0. The zero-order chi connectivity index (χ0) is 13.0. The zero-order valence-electron chi connectivity index (χ0n) is 9.96. The number of aliphatic carboxylic acids is 1. The molecule has 1 aromatic rings. The van der Waals surface area contributed by atoms with Crippen LogP contribution in [-0.4, -0.2) is 30.1 Å². The number of hydrogen-bond donors (Lipinski definition) is 1. The highest BCUT2D eigenvalue weighted by Gasteiger charge is 2.21. The van der Waals surface area contributed by atoms with Crippen molar-refractivity contribution in [3.05, 3.63) is 24.3 Å². The molecule has 0 fully saturated rings. The molecule has 0 spiro atoms. The third-order valence-electron chi connectivity index (χ3n) is 2.79. The van der Waals surface area contributed by atoms with E-state index in [1.165, 1.54) is 0 Å². The van der Waals surface area contributed by atoms with E-state index >= 15 is 0 Å². The average molecular weight is 249 g/mol. The average Bonchev–Trinajstić information content (AvgIpc) is 2.58. The van der Waals surface area contributed by atoms with Crippen LogP contribution in [0.2, 0.25) is 0 Å². The van der Waals surface area contributed by atoms with Crippen LogP contribution >= 0.6 is 0 Å². The number of nitrogens with zero attached hydrogens (tertiary/aromatic N) is 1. The van der Waals surface area contributed by atoms with E-state index in [-0.39, 0.29) is 18.7 Å². The van der Waals surface area contributed by atoms with Crippen LogP contribution in [0.15, 0.2) is 24.3 Å². The lowest BCUT2D eigenvalue weighted by atomic mass is 10.2. The second-order valence-electron chi connectivity index (χ2n) is 4.11. The summed E-state index contributed by atoms with van der Waals surface area (Å²) in [5, 5.41) is 8.62. The van der Waals surface area contributed by atoms with Gasteiger partial charge in [-0.15, -0.1) is 0 Å². The number of carbonyl (C=O) groups is 2. The Morgan fingerprint density at radius 1 is 1.28 bits per heavy atom. The van der Waals surface area contributed by atoms with Crippen molar-refractivity contribution < 1.29 is 19.4 Å². The topological polar surface area (TPSA) is 66.8 Å². The van der Waals surface area contributed by atoms with Crippen LogP contribution in [-0.2, 0) is 9.59 Å². The maximum Gasteiger partial charge on any atom is 0.303 e. The van der Waals surface area contributed by atoms with Gasteiger partial charge in [-0.1, -0.05) is 12.1 Å². The van der Waals surface area contributed by atoms with E-state index in [2.05, 4.69) is 0 Å². The fraction of sp³-hybridized carbons (Fsp3) is 0.385. The Kier molecular flexibility index (Phi) is 3.82. The van der Waals surface area contributed by atoms with Crippen molar-refractivity contribution in [1.82, 2.24) is 0 Å². The number of amides is 1. The zero-order valence-corrected chi connectivity index (χ0v) is 9.96. The highest BCUT2D eigenvalue weighted by molar-refractivity contribution is 5.96. The molecule has 1 heterocycles. The summed E-state index contributed by atoms with van der Waals surface area (Å²) >= 11 is 0. The van der Waals surface area contributed by atoms with Crippen LogP contribution in [0.4, 0.5) is 5.69 Å². The number of hydrogen-bond acceptors (Lipinski definition) is 3. The monoisotopic (exact) mass is 249 g/mol. The van der Waals surface area contributed by atoms with Gasteiger partial charge in [0.2, 0.25) is 5.91 Å². The summed E-state index contributed by atoms with van der Waals surface area (Å²) in [6.07, 6.45) is 0.621. The fourth-order valence-corrected chi connectivity index (χ4v) is 1.94. The Morgan fingerprint density at radius 2 is 2.06 bits per heavy atom. The summed E-state index contributed by atoms with van der Waals surface area (Å²) in [6, 6.07) is 7.33. The van der Waals surface area contributed by atoms with Gasteiger partial charge in [-0.2, -0.15) is 0 Å². The van der Waals surface area contributed by atoms with Gasteiger partial charge < -0.3 is 14.7 Å². The molecule has 5 nitrogen and oxygen atoms in total. The summed E-state index contributed by atoms with van der Waals surface area (Å²) in [5.41, 5.74) is 0.727. The number of carboxylic acid groups (broad SMARTS) is 1. The smallest absolute Gasteiger partial charge is 0.303 e. The van der Waals surface area contributed by atoms with Gasteiger partial charge in [-0.05, 0) is 18.6 Å². The third kappa shape index (κ3) is 2.80. The Labute approximate surface area is 105 Å². The Balaban J connectivity index is 2.17. The molecule has 1 aromatic carbocycles. The van der Waals surface area contributed by atoms with Crippen molar-refractivity contribution >= 4 is 17.6 Å². The lowest BCUT2D eigenvalue weighted by Gasteiger charge is -2.21. The van der Waals surface area contributed by atoms with Crippen LogP contribution < -0.4 is 9.64 Å². The number of rotatable bonds is 3. The molecule has 0 aromatic heterocycles. The second-order valence-corrected chi connectivity index (χ2v) is 4.11. The summed E-state index contributed by atoms with van der Waals surface area (Å²) in [6.45, 7) is 1.13. The predicted octanol–water partition coefficient (Wildman–Crippen LogP) is 1.67. The van der Waals surface area contributed by atoms with Gasteiger partial charge in [-0.3, -0.25) is 9.59 Å². The fourth-order valence-electron chi connectivity index (χ4n) is 1.94. The number of ether oxygens (including phenoxy) is 1. The van der Waals surface area contributed by atoms with E-state index < -0.39 is 5.97 Å². The van der Waals surface area contributed by atoms with Crippen LogP contribution in [0.1, 0.15) is 19.3 Å². The van der Waals surface area contributed by atoms with Gasteiger partial charge in [0.1, 0.15) is 5.75 Å². The first-order valence-corrected chi connectivity index (χ1v) is 5.92. The number of fused-ring (bicyclic) bond motifs is 1. The number of carboxylic acids is 1. The van der Waals surface area contributed by atoms with E-state index in [1.807, 2.05) is 24.3 Å². The first-order valence-electron chi connectivity index (χ1n) is 5.92. The van der Waals surface area contributed by atoms with E-state index in [0.29, 0.717) is 18.9 Å². The first-order chi connectivity index (χ1) is 8.68. The minimum absolute atomic E-state index is 0.0175. The highest BCUT2D eigenvalue weighted by atomic mass is 16.5. The van der Waals surface area contributed by atoms with Crippen LogP contribution in [0.5, 0.6) is 5.75 Å². The molecular formula is C13H15NO4. The third-order valence-corrected chi connectivity index (χ3v) is 2.79. The lowest BCUT2D eigenvalue weighted by Crippen LogP contribution is -2.31. The summed E-state index contributed by atoms with van der Waals surface area (Å²) < 4.78 is 5.54. The molecule has 0 saturated heterocycles. The number of anilines is 1. The summed E-state index contributed by atoms with van der Waals surface area (Å²) in [7, 11) is 0. The van der Waals surface area contributed by atoms with Crippen LogP contribution in [0.3, 0.4) is 0 Å². The minimum Gasteiger partial charge on any atom is -0.491 e. The number of para-hydroxylation sites is 2. The van der Waals surface area contributed by atoms with E-state index in [4.69, 9.17) is 9.84 Å². The molecule has 1 aliphatic rings. The predicted molar refractivity (Wildman–Crippen MR) is 65.8 cm³/mol. The van der Waals surface area contributed by atoms with Gasteiger partial charge in [0, 0.05) is 13.0 Å². The van der Waals surface area contributed by atoms with Crippen LogP contribution in [0.25, 0.3) is 0 Å². The van der Waals surface area contributed by atoms with Crippen molar-refractivity contribution in [3.8, 4) is 5.75 Å². The molecule has 2 rings (SSSR count). The van der Waals surface area contributed by atoms with Crippen molar-refractivity contribution in [2.24, 2.45) is 0 Å². The molecule has 1 N–H and O–H groups in total. The molecule has 18 heavy (non-hydrogen) atoms. The Bertz CT molecular complexity index is 458. The Morgan fingerprint density at radius 3 is 2.83 bits per heavy atom. The van der Waals surface area contributed by atoms with Gasteiger partial charge in [0.25, 0.3) is 0 Å². The normalized spacial score (nSPS) is 14.3. The van der Waals surface area contributed by atoms with Gasteiger partial charge >= 0.3 is 5.97 Å². The van der Waals surface area contributed by atoms with Crippen molar-refractivity contribution in [2.75, 3.05) is 18.1 Å². The molecule has 0 aliphatic carbocycles. The molecular weight excluding hydrogens is 234 g/mol. The van der Waals surface area contributed by atoms with Gasteiger partial charge in [-0.25, -0.2) is 0 Å². The molecule has 0 bridgehead atoms. The van der Waals surface area contributed by atoms with E-state index in [1.54, 1.807) is 4.90 Å². The molecule has 5 heteroatoms. The van der Waals surface area contributed by atoms with E-state index in [0.717, 1.165) is 12.1 Å². The molecule has 0 unspecified atom stereocenters. The maximum atomic E-state index is 12.0. The molecule has 1 aliphatic heterocycles. The molecule has 0 radical (unpaired) electrons. The number of carbonyl (C=O) groups excluding carboxylic acids is 1. The largest absolute Gasteiger partial charge is 0.491 e. The second kappa shape index (κ2) is 5.53. The molecule has 0 atom stereocenters. The molecule has 0 saturated carbocycles. The Hall–Kier alpha value is -2.04. The first kappa shape index (κ1) is 12.4. The highest BCUT2D eigenvalue weighted by Crippen LogP contribution is 2.30. The minimum atomic E-state index is -0.956. The van der Waals surface area contributed by atoms with Gasteiger partial charge in [0.15, 0.2) is 0 Å². The quantitative estimate of drug-likeness (QED) is 0.884. The summed E-state index contributed by atoms with van der Waals surface area (Å²) in [4.78, 5) is 24.1. The SMILES string of the molecule is O=C(O)CCC(=O)N1CCCOc2ccccc21. The standard InChI is InChI=1S/C13H15NO4/c15-12(6-7-13(16)17)14-8-3-9-18-11-5-2-1-4-10(11)14/h1-2,4-5H,3,6-9H2,(H,16,17). The lowest BCUT2D eigenvalue weighted by molar-refractivity contribution is -0.138. The van der Waals surface area contributed by atoms with Crippen molar-refractivity contribution in [1.29, 1.82) is 0 Å². The van der Waals surface area contributed by atoms with Crippen LogP contribution in [0, 0.1) is 0 Å². The van der Waals surface area contributed by atoms with Crippen molar-refractivity contribution in [3.63, 3.8) is 0 Å². The van der Waals surface area contributed by atoms with E-state index in [9.17, 15) is 9.59 Å². The summed E-state index contributed by atoms with van der Waals surface area (Å²) in [5.74, 6) is -0.447. The molecule has 96 valence electrons.